The van der Waals surface area contributed by atoms with Crippen LogP contribution in [0.3, 0.4) is 0 Å². The van der Waals surface area contributed by atoms with Gasteiger partial charge in [0.2, 0.25) is 0 Å². The van der Waals surface area contributed by atoms with Gasteiger partial charge in [-0.05, 0) is 43.9 Å². The second kappa shape index (κ2) is 6.48. The Balaban J connectivity index is 1.35. The first-order valence-electron chi connectivity index (χ1n) is 9.50. The van der Waals surface area contributed by atoms with E-state index in [2.05, 4.69) is 22.5 Å². The van der Waals surface area contributed by atoms with Crippen LogP contribution in [-0.2, 0) is 9.84 Å². The predicted molar refractivity (Wildman–Crippen MR) is 95.9 cm³/mol. The molecule has 2 saturated heterocycles. The molecule has 7 heteroatoms. The lowest BCUT2D eigenvalue weighted by Gasteiger charge is -2.21. The minimum Gasteiger partial charge on any atom is -0.354 e. The quantitative estimate of drug-likeness (QED) is 0.559. The molecule has 2 heterocycles. The van der Waals surface area contributed by atoms with Gasteiger partial charge in [0.05, 0.1) is 11.5 Å². The van der Waals surface area contributed by atoms with Crippen LogP contribution < -0.4 is 10.6 Å². The SMILES string of the molecule is CC1CN(C2CC2)CC1NC(=NCC1CCS(=O)(=O)C1)NC1CC1. The molecule has 3 atom stereocenters. The highest BCUT2D eigenvalue weighted by molar-refractivity contribution is 7.91. The molecule has 6 nitrogen and oxygen atoms in total. The summed E-state index contributed by atoms with van der Waals surface area (Å²) < 4.78 is 23.2. The van der Waals surface area contributed by atoms with Crippen molar-refractivity contribution in [1.29, 1.82) is 0 Å². The normalized spacial score (nSPS) is 36.9. The Labute approximate surface area is 145 Å². The average Bonchev–Trinajstić information content (AvgIpc) is 3.43. The van der Waals surface area contributed by atoms with Gasteiger partial charge in [0.1, 0.15) is 0 Å². The van der Waals surface area contributed by atoms with E-state index in [0.29, 0.717) is 36.1 Å². The van der Waals surface area contributed by atoms with Crippen molar-refractivity contribution >= 4 is 15.8 Å². The van der Waals surface area contributed by atoms with E-state index in [1.165, 1.54) is 32.2 Å². The number of sulfone groups is 1. The first kappa shape index (κ1) is 16.6. The molecular weight excluding hydrogens is 324 g/mol. The van der Waals surface area contributed by atoms with E-state index in [0.717, 1.165) is 25.0 Å². The molecule has 0 spiro atoms. The maximum atomic E-state index is 11.6. The number of aliphatic imine (C=N–C) groups is 1. The highest BCUT2D eigenvalue weighted by Gasteiger charge is 2.38. The number of rotatable bonds is 5. The molecule has 4 rings (SSSR count). The van der Waals surface area contributed by atoms with Gasteiger partial charge >= 0.3 is 0 Å². The molecular formula is C17H30N4O2S. The second-order valence-electron chi connectivity index (χ2n) is 8.29. The van der Waals surface area contributed by atoms with Crippen LogP contribution in [0.15, 0.2) is 4.99 Å². The zero-order chi connectivity index (χ0) is 16.7. The van der Waals surface area contributed by atoms with E-state index in [-0.39, 0.29) is 5.92 Å². The maximum absolute atomic E-state index is 11.6. The maximum Gasteiger partial charge on any atom is 0.191 e. The first-order chi connectivity index (χ1) is 11.5. The topological polar surface area (TPSA) is 73.8 Å². The summed E-state index contributed by atoms with van der Waals surface area (Å²) in [5.74, 6) is 2.36. The summed E-state index contributed by atoms with van der Waals surface area (Å²) in [4.78, 5) is 7.36. The largest absolute Gasteiger partial charge is 0.354 e. The standard InChI is InChI=1S/C17H30N4O2S/c1-12-9-21(15-4-5-15)10-16(12)20-17(19-14-2-3-14)18-8-13-6-7-24(22,23)11-13/h12-16H,2-11H2,1H3,(H2,18,19,20). The Morgan fingerprint density at radius 2 is 1.92 bits per heavy atom. The number of hydrogen-bond donors (Lipinski definition) is 2. The monoisotopic (exact) mass is 354 g/mol. The highest BCUT2D eigenvalue weighted by atomic mass is 32.2. The summed E-state index contributed by atoms with van der Waals surface area (Å²) in [5, 5.41) is 7.16. The van der Waals surface area contributed by atoms with Crippen molar-refractivity contribution in [3.05, 3.63) is 0 Å². The fourth-order valence-electron chi connectivity index (χ4n) is 3.90. The van der Waals surface area contributed by atoms with Gasteiger partial charge in [0, 0.05) is 37.8 Å². The van der Waals surface area contributed by atoms with Gasteiger partial charge < -0.3 is 10.6 Å². The van der Waals surface area contributed by atoms with E-state index in [9.17, 15) is 8.42 Å². The molecule has 2 aliphatic heterocycles. The summed E-state index contributed by atoms with van der Waals surface area (Å²) in [6, 6.07) is 1.82. The lowest BCUT2D eigenvalue weighted by Crippen LogP contribution is -2.47. The fraction of sp³-hybridized carbons (Fsp3) is 0.941. The molecule has 0 radical (unpaired) electrons. The van der Waals surface area contributed by atoms with Crippen LogP contribution >= 0.6 is 0 Å². The number of guanidine groups is 1. The van der Waals surface area contributed by atoms with Crippen LogP contribution in [0.4, 0.5) is 0 Å². The van der Waals surface area contributed by atoms with E-state index < -0.39 is 9.84 Å². The third-order valence-electron chi connectivity index (χ3n) is 5.78. The summed E-state index contributed by atoms with van der Waals surface area (Å²) in [7, 11) is -2.81. The molecule has 4 aliphatic rings. The van der Waals surface area contributed by atoms with Crippen molar-refractivity contribution in [1.82, 2.24) is 15.5 Å². The molecule has 2 N–H and O–H groups in total. The third-order valence-corrected chi connectivity index (χ3v) is 7.62. The lowest BCUT2D eigenvalue weighted by atomic mass is 10.1. The van der Waals surface area contributed by atoms with Gasteiger partial charge in [-0.3, -0.25) is 9.89 Å². The molecule has 4 fully saturated rings. The van der Waals surface area contributed by atoms with Crippen LogP contribution in [0, 0.1) is 11.8 Å². The van der Waals surface area contributed by atoms with Gasteiger partial charge in [-0.25, -0.2) is 8.42 Å². The molecule has 0 aromatic heterocycles. The molecule has 2 aliphatic carbocycles. The molecule has 0 aromatic rings. The second-order valence-corrected chi connectivity index (χ2v) is 10.5. The van der Waals surface area contributed by atoms with Crippen LogP contribution in [0.2, 0.25) is 0 Å². The molecule has 24 heavy (non-hydrogen) atoms. The van der Waals surface area contributed by atoms with Crippen molar-refractivity contribution in [3.63, 3.8) is 0 Å². The zero-order valence-corrected chi connectivity index (χ0v) is 15.4. The van der Waals surface area contributed by atoms with E-state index in [4.69, 9.17) is 4.99 Å². The van der Waals surface area contributed by atoms with Crippen molar-refractivity contribution in [2.45, 2.75) is 57.2 Å². The van der Waals surface area contributed by atoms with E-state index >= 15 is 0 Å². The number of nitrogens with zero attached hydrogens (tertiary/aromatic N) is 2. The van der Waals surface area contributed by atoms with Crippen molar-refractivity contribution in [2.75, 3.05) is 31.1 Å². The Morgan fingerprint density at radius 3 is 2.54 bits per heavy atom. The minimum absolute atomic E-state index is 0.191. The van der Waals surface area contributed by atoms with Crippen LogP contribution in [0.25, 0.3) is 0 Å². The van der Waals surface area contributed by atoms with E-state index in [1.807, 2.05) is 0 Å². The summed E-state index contributed by atoms with van der Waals surface area (Å²) >= 11 is 0. The van der Waals surface area contributed by atoms with E-state index in [1.54, 1.807) is 0 Å². The fourth-order valence-corrected chi connectivity index (χ4v) is 5.75. The molecule has 0 aromatic carbocycles. The molecule has 0 amide bonds. The smallest absolute Gasteiger partial charge is 0.191 e. The highest BCUT2D eigenvalue weighted by Crippen LogP contribution is 2.31. The average molecular weight is 355 g/mol. The first-order valence-corrected chi connectivity index (χ1v) is 11.3. The van der Waals surface area contributed by atoms with Crippen molar-refractivity contribution in [2.24, 2.45) is 16.8 Å². The Kier molecular flexibility index (Phi) is 4.49. The minimum atomic E-state index is -2.81. The Bertz CT molecular complexity index is 598. The van der Waals surface area contributed by atoms with Gasteiger partial charge in [0.15, 0.2) is 15.8 Å². The van der Waals surface area contributed by atoms with Crippen molar-refractivity contribution < 1.29 is 8.42 Å². The number of hydrogen-bond acceptors (Lipinski definition) is 4. The van der Waals surface area contributed by atoms with Gasteiger partial charge in [-0.2, -0.15) is 0 Å². The van der Waals surface area contributed by atoms with Crippen LogP contribution in [-0.4, -0.2) is 68.5 Å². The lowest BCUT2D eigenvalue weighted by molar-refractivity contribution is 0.315. The summed E-state index contributed by atoms with van der Waals surface area (Å²) in [6.45, 7) is 5.22. The van der Waals surface area contributed by atoms with Crippen molar-refractivity contribution in [3.8, 4) is 0 Å². The Hall–Kier alpha value is -0.820. The zero-order valence-electron chi connectivity index (χ0n) is 14.6. The molecule has 2 saturated carbocycles. The van der Waals surface area contributed by atoms with Gasteiger partial charge in [-0.15, -0.1) is 0 Å². The van der Waals surface area contributed by atoms with Crippen LogP contribution in [0.1, 0.15) is 39.0 Å². The van der Waals surface area contributed by atoms with Gasteiger partial charge in [0.25, 0.3) is 0 Å². The molecule has 3 unspecified atom stereocenters. The Morgan fingerprint density at radius 1 is 1.12 bits per heavy atom. The summed E-state index contributed by atoms with van der Waals surface area (Å²) in [5.41, 5.74) is 0. The van der Waals surface area contributed by atoms with Crippen LogP contribution in [0.5, 0.6) is 0 Å². The molecule has 0 bridgehead atoms. The predicted octanol–water partition coefficient (Wildman–Crippen LogP) is 0.601. The number of likely N-dealkylation sites (tertiary alicyclic amines) is 1. The van der Waals surface area contributed by atoms with Gasteiger partial charge in [-0.1, -0.05) is 6.92 Å². The third kappa shape index (κ3) is 4.23. The number of nitrogens with one attached hydrogen (secondary N) is 2. The summed E-state index contributed by atoms with van der Waals surface area (Å²) in [6.07, 6.45) is 5.91. The molecule has 136 valence electrons.